The van der Waals surface area contributed by atoms with Crippen LogP contribution in [0.4, 0.5) is 0 Å². The highest BCUT2D eigenvalue weighted by molar-refractivity contribution is 7.15. The third-order valence-electron chi connectivity index (χ3n) is 3.50. The Labute approximate surface area is 150 Å². The molecular weight excluding hydrogens is 342 g/mol. The molecule has 0 bridgehead atoms. The molecule has 0 saturated heterocycles. The topological polar surface area (TPSA) is 84.9 Å². The minimum absolute atomic E-state index is 0.159. The molecule has 0 saturated carbocycles. The van der Waals surface area contributed by atoms with Gasteiger partial charge in [-0.2, -0.15) is 0 Å². The van der Waals surface area contributed by atoms with Crippen molar-refractivity contribution in [1.82, 2.24) is 5.32 Å². The van der Waals surface area contributed by atoms with E-state index in [-0.39, 0.29) is 10.8 Å². The summed E-state index contributed by atoms with van der Waals surface area (Å²) in [5.74, 6) is 0.146. The number of carbonyl (C=O) groups excluding carboxylic acids is 1. The van der Waals surface area contributed by atoms with Crippen LogP contribution in [0, 0.1) is 0 Å². The Balaban J connectivity index is 1.83. The second-order valence-corrected chi connectivity index (χ2v) is 6.33. The van der Waals surface area contributed by atoms with E-state index in [1.54, 1.807) is 7.11 Å². The van der Waals surface area contributed by atoms with Gasteiger partial charge in [0, 0.05) is 6.54 Å². The standard InChI is InChI=1S/C18H21NO5S/c1-3-24-14-11-12(6-7-13(14)23-2)5-4-10-19-17(20)15-8-9-16(25-15)18(21)22/h6-9,11H,3-5,10H2,1-2H3,(H,19,20)(H,21,22). The molecule has 0 atom stereocenters. The SMILES string of the molecule is CCOc1cc(CCCNC(=O)c2ccc(C(=O)O)s2)ccc1OC. The number of aryl methyl sites for hydroxylation is 1. The maximum atomic E-state index is 12.0. The van der Waals surface area contributed by atoms with Gasteiger partial charge in [0.2, 0.25) is 0 Å². The minimum atomic E-state index is -1.02. The summed E-state index contributed by atoms with van der Waals surface area (Å²) in [6.45, 7) is 2.99. The van der Waals surface area contributed by atoms with Crippen molar-refractivity contribution in [3.63, 3.8) is 0 Å². The predicted octanol–water partition coefficient (Wildman–Crippen LogP) is 3.22. The molecule has 7 heteroatoms. The Morgan fingerprint density at radius 2 is 1.92 bits per heavy atom. The zero-order valence-electron chi connectivity index (χ0n) is 14.2. The van der Waals surface area contributed by atoms with E-state index in [0.717, 1.165) is 29.7 Å². The van der Waals surface area contributed by atoms with Crippen LogP contribution >= 0.6 is 11.3 Å². The number of methoxy groups -OCH3 is 1. The average Bonchev–Trinajstić information content (AvgIpc) is 3.09. The van der Waals surface area contributed by atoms with Crippen LogP contribution in [-0.4, -0.2) is 37.2 Å². The van der Waals surface area contributed by atoms with Crippen molar-refractivity contribution in [3.05, 3.63) is 45.6 Å². The number of hydrogen-bond donors (Lipinski definition) is 2. The van der Waals surface area contributed by atoms with Gasteiger partial charge in [-0.1, -0.05) is 6.07 Å². The number of hydrogen-bond acceptors (Lipinski definition) is 5. The van der Waals surface area contributed by atoms with Crippen LogP contribution in [0.15, 0.2) is 30.3 Å². The molecule has 1 heterocycles. The van der Waals surface area contributed by atoms with E-state index in [4.69, 9.17) is 14.6 Å². The monoisotopic (exact) mass is 363 g/mol. The van der Waals surface area contributed by atoms with Crippen molar-refractivity contribution in [2.45, 2.75) is 19.8 Å². The summed E-state index contributed by atoms with van der Waals surface area (Å²) in [6, 6.07) is 8.76. The number of nitrogens with one attached hydrogen (secondary N) is 1. The second kappa shape index (κ2) is 9.08. The molecule has 1 amide bonds. The minimum Gasteiger partial charge on any atom is -0.493 e. The molecular formula is C18H21NO5S. The van der Waals surface area contributed by atoms with E-state index in [1.807, 2.05) is 25.1 Å². The number of carboxylic acids is 1. The van der Waals surface area contributed by atoms with Gasteiger partial charge in [0.05, 0.1) is 18.6 Å². The van der Waals surface area contributed by atoms with Crippen LogP contribution in [0.5, 0.6) is 11.5 Å². The first-order valence-corrected chi connectivity index (χ1v) is 8.77. The molecule has 1 aromatic carbocycles. The smallest absolute Gasteiger partial charge is 0.345 e. The molecule has 0 fully saturated rings. The Hall–Kier alpha value is -2.54. The highest BCUT2D eigenvalue weighted by atomic mass is 32.1. The zero-order valence-corrected chi connectivity index (χ0v) is 15.0. The van der Waals surface area contributed by atoms with Gasteiger partial charge in [-0.3, -0.25) is 4.79 Å². The summed E-state index contributed by atoms with van der Waals surface area (Å²) in [5, 5.41) is 11.7. The molecule has 134 valence electrons. The molecule has 0 aliphatic heterocycles. The third-order valence-corrected chi connectivity index (χ3v) is 4.57. The first kappa shape index (κ1) is 18.8. The van der Waals surface area contributed by atoms with Gasteiger partial charge in [-0.05, 0) is 49.6 Å². The summed E-state index contributed by atoms with van der Waals surface area (Å²) < 4.78 is 10.8. The predicted molar refractivity (Wildman–Crippen MR) is 96.1 cm³/mol. The zero-order chi connectivity index (χ0) is 18.2. The van der Waals surface area contributed by atoms with Crippen molar-refractivity contribution in [1.29, 1.82) is 0 Å². The molecule has 0 aliphatic rings. The van der Waals surface area contributed by atoms with Crippen molar-refractivity contribution in [3.8, 4) is 11.5 Å². The number of ether oxygens (including phenoxy) is 2. The Morgan fingerprint density at radius 1 is 1.16 bits per heavy atom. The van der Waals surface area contributed by atoms with Crippen LogP contribution in [0.3, 0.4) is 0 Å². The quantitative estimate of drug-likeness (QED) is 0.668. The molecule has 6 nitrogen and oxygen atoms in total. The largest absolute Gasteiger partial charge is 0.493 e. The lowest BCUT2D eigenvalue weighted by Crippen LogP contribution is -2.23. The van der Waals surface area contributed by atoms with Crippen LogP contribution in [0.1, 0.15) is 38.3 Å². The lowest BCUT2D eigenvalue weighted by molar-refractivity contribution is 0.0702. The number of rotatable bonds is 9. The molecule has 1 aromatic heterocycles. The fraction of sp³-hybridized carbons (Fsp3) is 0.333. The number of amides is 1. The first-order valence-electron chi connectivity index (χ1n) is 7.96. The van der Waals surface area contributed by atoms with Gasteiger partial charge in [0.15, 0.2) is 11.5 Å². The lowest BCUT2D eigenvalue weighted by Gasteiger charge is -2.11. The van der Waals surface area contributed by atoms with E-state index in [0.29, 0.717) is 29.5 Å². The van der Waals surface area contributed by atoms with Gasteiger partial charge in [-0.15, -0.1) is 11.3 Å². The summed E-state index contributed by atoms with van der Waals surface area (Å²) in [5.41, 5.74) is 1.10. The molecule has 0 radical (unpaired) electrons. The Bertz CT molecular complexity index is 741. The molecule has 0 spiro atoms. The van der Waals surface area contributed by atoms with Crippen LogP contribution in [-0.2, 0) is 6.42 Å². The molecule has 0 unspecified atom stereocenters. The van der Waals surface area contributed by atoms with Crippen molar-refractivity contribution in [2.24, 2.45) is 0 Å². The molecule has 0 aliphatic carbocycles. The van der Waals surface area contributed by atoms with Gasteiger partial charge in [-0.25, -0.2) is 4.79 Å². The third kappa shape index (κ3) is 5.22. The lowest BCUT2D eigenvalue weighted by atomic mass is 10.1. The normalized spacial score (nSPS) is 10.3. The van der Waals surface area contributed by atoms with Crippen molar-refractivity contribution >= 4 is 23.2 Å². The van der Waals surface area contributed by atoms with E-state index in [2.05, 4.69) is 5.32 Å². The maximum Gasteiger partial charge on any atom is 0.345 e. The van der Waals surface area contributed by atoms with Crippen LogP contribution < -0.4 is 14.8 Å². The van der Waals surface area contributed by atoms with E-state index in [1.165, 1.54) is 12.1 Å². The highest BCUT2D eigenvalue weighted by Gasteiger charge is 2.12. The molecule has 2 N–H and O–H groups in total. The fourth-order valence-electron chi connectivity index (χ4n) is 2.30. The summed E-state index contributed by atoms with van der Waals surface area (Å²) in [4.78, 5) is 23.4. The fourth-order valence-corrected chi connectivity index (χ4v) is 3.06. The number of carboxylic acid groups (broad SMARTS) is 1. The van der Waals surface area contributed by atoms with Crippen molar-refractivity contribution in [2.75, 3.05) is 20.3 Å². The molecule has 2 rings (SSSR count). The Kier molecular flexibility index (Phi) is 6.82. The average molecular weight is 363 g/mol. The van der Waals surface area contributed by atoms with Gasteiger partial charge < -0.3 is 19.9 Å². The first-order chi connectivity index (χ1) is 12.0. The van der Waals surface area contributed by atoms with E-state index < -0.39 is 5.97 Å². The maximum absolute atomic E-state index is 12.0. The number of thiophene rings is 1. The van der Waals surface area contributed by atoms with Crippen LogP contribution in [0.25, 0.3) is 0 Å². The summed E-state index contributed by atoms with van der Waals surface area (Å²) in [7, 11) is 1.60. The number of benzene rings is 1. The van der Waals surface area contributed by atoms with Gasteiger partial charge in [0.1, 0.15) is 4.88 Å². The van der Waals surface area contributed by atoms with Crippen molar-refractivity contribution < 1.29 is 24.2 Å². The van der Waals surface area contributed by atoms with Crippen LogP contribution in [0.2, 0.25) is 0 Å². The van der Waals surface area contributed by atoms with Gasteiger partial charge >= 0.3 is 5.97 Å². The number of carbonyl (C=O) groups is 2. The molecule has 25 heavy (non-hydrogen) atoms. The summed E-state index contributed by atoms with van der Waals surface area (Å²) >= 11 is 0.973. The van der Waals surface area contributed by atoms with E-state index >= 15 is 0 Å². The second-order valence-electron chi connectivity index (χ2n) is 5.25. The Morgan fingerprint density at radius 3 is 2.56 bits per heavy atom. The van der Waals surface area contributed by atoms with Gasteiger partial charge in [0.25, 0.3) is 5.91 Å². The highest BCUT2D eigenvalue weighted by Crippen LogP contribution is 2.28. The number of aromatic carboxylic acids is 1. The molecule has 2 aromatic rings. The summed E-state index contributed by atoms with van der Waals surface area (Å²) in [6.07, 6.45) is 1.55. The van der Waals surface area contributed by atoms with E-state index in [9.17, 15) is 9.59 Å².